The van der Waals surface area contributed by atoms with E-state index in [4.69, 9.17) is 17.0 Å². The highest BCUT2D eigenvalue weighted by molar-refractivity contribution is 7.89. The number of nitrogens with one attached hydrogen (secondary N) is 4. The highest BCUT2D eigenvalue weighted by Crippen LogP contribution is 2.24. The maximum absolute atomic E-state index is 13.6. The van der Waals surface area contributed by atoms with E-state index in [2.05, 4.69) is 15.0 Å². The van der Waals surface area contributed by atoms with Gasteiger partial charge in [-0.2, -0.15) is 0 Å². The Morgan fingerprint density at radius 2 is 2.04 bits per heavy atom. The SMILES string of the molecule is Cl.N=c1[nH]cc(Cl)cc1C(=O)NCc1cc(F)ccc1S(=O)(=O)NC1CC1. The molecule has 0 aliphatic heterocycles. The number of sulfonamides is 1. The summed E-state index contributed by atoms with van der Waals surface area (Å²) in [7, 11) is -3.80. The third kappa shape index (κ3) is 5.29. The lowest BCUT2D eigenvalue weighted by Gasteiger charge is -2.12. The minimum absolute atomic E-state index is 0. The molecule has 4 N–H and O–H groups in total. The fraction of sp³-hybridized carbons (Fsp3) is 0.250. The third-order valence-electron chi connectivity index (χ3n) is 3.80. The van der Waals surface area contributed by atoms with Crippen LogP contribution in [-0.4, -0.2) is 25.4 Å². The first-order valence-corrected chi connectivity index (χ1v) is 9.64. The van der Waals surface area contributed by atoms with Crippen molar-refractivity contribution in [2.45, 2.75) is 30.3 Å². The Bertz CT molecular complexity index is 1020. The fourth-order valence-electron chi connectivity index (χ4n) is 2.35. The van der Waals surface area contributed by atoms with E-state index in [0.29, 0.717) is 0 Å². The summed E-state index contributed by atoms with van der Waals surface area (Å²) >= 11 is 5.81. The fourth-order valence-corrected chi connectivity index (χ4v) is 4.04. The van der Waals surface area contributed by atoms with Crippen LogP contribution in [0.4, 0.5) is 4.39 Å². The van der Waals surface area contributed by atoms with E-state index in [1.165, 1.54) is 18.3 Å². The Hall–Kier alpha value is -1.94. The van der Waals surface area contributed by atoms with Crippen LogP contribution < -0.4 is 15.5 Å². The molecule has 0 bridgehead atoms. The molecule has 1 amide bonds. The predicted molar refractivity (Wildman–Crippen MR) is 99.8 cm³/mol. The van der Waals surface area contributed by atoms with E-state index in [9.17, 15) is 17.6 Å². The van der Waals surface area contributed by atoms with Crippen molar-refractivity contribution in [3.8, 4) is 0 Å². The van der Waals surface area contributed by atoms with E-state index >= 15 is 0 Å². The highest BCUT2D eigenvalue weighted by atomic mass is 35.5. The van der Waals surface area contributed by atoms with Crippen molar-refractivity contribution in [1.29, 1.82) is 5.41 Å². The van der Waals surface area contributed by atoms with Gasteiger partial charge in [0.15, 0.2) is 0 Å². The zero-order chi connectivity index (χ0) is 18.9. The van der Waals surface area contributed by atoms with Crippen molar-refractivity contribution in [3.05, 3.63) is 57.9 Å². The number of carbonyl (C=O) groups is 1. The number of benzene rings is 1. The van der Waals surface area contributed by atoms with Crippen LogP contribution >= 0.6 is 24.0 Å². The second kappa shape index (κ2) is 8.39. The van der Waals surface area contributed by atoms with Crippen LogP contribution in [-0.2, 0) is 16.6 Å². The smallest absolute Gasteiger partial charge is 0.255 e. The molecule has 3 rings (SSSR count). The second-order valence-electron chi connectivity index (χ2n) is 5.94. The van der Waals surface area contributed by atoms with Gasteiger partial charge in [-0.3, -0.25) is 10.2 Å². The van der Waals surface area contributed by atoms with Gasteiger partial charge in [0.1, 0.15) is 11.3 Å². The number of hydrogen-bond acceptors (Lipinski definition) is 4. The maximum atomic E-state index is 13.6. The molecular weight excluding hydrogens is 418 g/mol. The van der Waals surface area contributed by atoms with E-state index in [-0.39, 0.29) is 51.5 Å². The Morgan fingerprint density at radius 1 is 1.33 bits per heavy atom. The summed E-state index contributed by atoms with van der Waals surface area (Å²) < 4.78 is 41.0. The standard InChI is InChI=1S/C16H16ClFN4O3S.ClH/c17-10-6-13(15(19)20-8-10)16(23)21-7-9-5-11(18)1-4-14(9)26(24,25)22-12-2-3-12;/h1,4-6,8,12,22H,2-3,7H2,(H2,19,20)(H,21,23);1H. The van der Waals surface area contributed by atoms with Gasteiger partial charge in [0.2, 0.25) is 10.0 Å². The lowest BCUT2D eigenvalue weighted by molar-refractivity contribution is 0.0948. The Kier molecular flexibility index (Phi) is 6.63. The zero-order valence-electron chi connectivity index (χ0n) is 13.9. The number of amides is 1. The number of carbonyl (C=O) groups excluding carboxylic acids is 1. The number of H-pyrrole nitrogens is 1. The molecule has 7 nitrogen and oxygen atoms in total. The van der Waals surface area contributed by atoms with Crippen LogP contribution in [0, 0.1) is 11.2 Å². The van der Waals surface area contributed by atoms with Gasteiger partial charge in [0.25, 0.3) is 5.91 Å². The van der Waals surface area contributed by atoms with Crippen LogP contribution in [0.2, 0.25) is 5.02 Å². The van der Waals surface area contributed by atoms with E-state index in [1.54, 1.807) is 0 Å². The zero-order valence-corrected chi connectivity index (χ0v) is 16.3. The molecule has 146 valence electrons. The van der Waals surface area contributed by atoms with Gasteiger partial charge in [-0.05, 0) is 42.7 Å². The first kappa shape index (κ1) is 21.4. The summed E-state index contributed by atoms with van der Waals surface area (Å²) in [6.07, 6.45) is 2.90. The van der Waals surface area contributed by atoms with Gasteiger partial charge in [-0.1, -0.05) is 11.6 Å². The van der Waals surface area contributed by atoms with Gasteiger partial charge in [-0.15, -0.1) is 12.4 Å². The van der Waals surface area contributed by atoms with E-state index < -0.39 is 21.7 Å². The first-order valence-electron chi connectivity index (χ1n) is 7.78. The molecule has 1 aromatic heterocycles. The minimum atomic E-state index is -3.80. The van der Waals surface area contributed by atoms with Crippen molar-refractivity contribution in [2.75, 3.05) is 0 Å². The molecule has 1 fully saturated rings. The average Bonchev–Trinajstić information content (AvgIpc) is 3.38. The number of hydrogen-bond donors (Lipinski definition) is 4. The molecule has 1 aliphatic carbocycles. The third-order valence-corrected chi connectivity index (χ3v) is 5.64. The molecule has 27 heavy (non-hydrogen) atoms. The quantitative estimate of drug-likeness (QED) is 0.557. The molecule has 0 unspecified atom stereocenters. The van der Waals surface area contributed by atoms with Crippen molar-refractivity contribution in [2.24, 2.45) is 0 Å². The van der Waals surface area contributed by atoms with Gasteiger partial charge < -0.3 is 10.3 Å². The molecule has 1 saturated carbocycles. The average molecular weight is 435 g/mol. The normalized spacial score (nSPS) is 13.7. The van der Waals surface area contributed by atoms with E-state index in [1.807, 2.05) is 0 Å². The summed E-state index contributed by atoms with van der Waals surface area (Å²) in [5.74, 6) is -1.24. The van der Waals surface area contributed by atoms with Crippen molar-refractivity contribution in [1.82, 2.24) is 15.0 Å². The summed E-state index contributed by atoms with van der Waals surface area (Å²) in [5, 5.41) is 10.4. The molecule has 0 atom stereocenters. The molecule has 1 heterocycles. The maximum Gasteiger partial charge on any atom is 0.255 e. The largest absolute Gasteiger partial charge is 0.348 e. The predicted octanol–water partition coefficient (Wildman–Crippen LogP) is 2.08. The number of rotatable bonds is 6. The molecule has 1 aromatic carbocycles. The summed E-state index contributed by atoms with van der Waals surface area (Å²) in [5.41, 5.74) is -0.0344. The lowest BCUT2D eigenvalue weighted by atomic mass is 10.2. The van der Waals surface area contributed by atoms with Crippen LogP contribution in [0.5, 0.6) is 0 Å². The van der Waals surface area contributed by atoms with Gasteiger partial charge >= 0.3 is 0 Å². The monoisotopic (exact) mass is 434 g/mol. The topological polar surface area (TPSA) is 115 Å². The van der Waals surface area contributed by atoms with Crippen molar-refractivity contribution in [3.63, 3.8) is 0 Å². The summed E-state index contributed by atoms with van der Waals surface area (Å²) in [6.45, 7) is -0.219. The highest BCUT2D eigenvalue weighted by Gasteiger charge is 2.29. The molecule has 11 heteroatoms. The molecular formula is C16H17Cl2FN4O3S. The van der Waals surface area contributed by atoms with Gasteiger partial charge in [0.05, 0.1) is 15.5 Å². The number of aromatic amines is 1. The second-order valence-corrected chi connectivity index (χ2v) is 8.06. The lowest BCUT2D eigenvalue weighted by Crippen LogP contribution is -2.31. The molecule has 0 radical (unpaired) electrons. The van der Waals surface area contributed by atoms with Gasteiger partial charge in [-0.25, -0.2) is 17.5 Å². The van der Waals surface area contributed by atoms with E-state index in [0.717, 1.165) is 25.0 Å². The van der Waals surface area contributed by atoms with Crippen LogP contribution in [0.25, 0.3) is 0 Å². The molecule has 0 spiro atoms. The van der Waals surface area contributed by atoms with Gasteiger partial charge in [0, 0.05) is 18.8 Å². The summed E-state index contributed by atoms with van der Waals surface area (Å²) in [4.78, 5) is 14.7. The minimum Gasteiger partial charge on any atom is -0.348 e. The first-order chi connectivity index (χ1) is 12.3. The number of pyridine rings is 1. The van der Waals surface area contributed by atoms with Crippen molar-refractivity contribution >= 4 is 39.9 Å². The molecule has 2 aromatic rings. The van der Waals surface area contributed by atoms with Crippen LogP contribution in [0.3, 0.4) is 0 Å². The van der Waals surface area contributed by atoms with Crippen LogP contribution in [0.15, 0.2) is 35.4 Å². The Labute approximate surface area is 166 Å². The Morgan fingerprint density at radius 3 is 2.70 bits per heavy atom. The molecule has 0 saturated heterocycles. The van der Waals surface area contributed by atoms with Crippen LogP contribution in [0.1, 0.15) is 28.8 Å². The number of halogens is 3. The Balaban J connectivity index is 0.00000261. The van der Waals surface area contributed by atoms with Crippen molar-refractivity contribution < 1.29 is 17.6 Å². The molecule has 1 aliphatic rings. The number of aromatic nitrogens is 1. The summed E-state index contributed by atoms with van der Waals surface area (Å²) in [6, 6.07) is 4.51.